The molecule has 0 aliphatic rings. The molecule has 92 valence electrons. The lowest BCUT2D eigenvalue weighted by Crippen LogP contribution is -2.39. The molecule has 0 spiro atoms. The number of aryl methyl sites for hydroxylation is 2. The Labute approximate surface area is 98.0 Å². The molecule has 1 heterocycles. The number of nitrogens with one attached hydrogen (secondary N) is 1. The van der Waals surface area contributed by atoms with Gasteiger partial charge in [0.2, 0.25) is 0 Å². The second-order valence-electron chi connectivity index (χ2n) is 4.14. The molecule has 2 atom stereocenters. The average Bonchev–Trinajstić information content (AvgIpc) is 2.66. The fourth-order valence-electron chi connectivity index (χ4n) is 1.83. The minimum Gasteiger partial charge on any atom is -0.380 e. The van der Waals surface area contributed by atoms with Crippen molar-refractivity contribution in [3.05, 3.63) is 17.5 Å². The van der Waals surface area contributed by atoms with E-state index in [1.165, 1.54) is 5.69 Å². The van der Waals surface area contributed by atoms with Crippen molar-refractivity contribution in [3.8, 4) is 0 Å². The van der Waals surface area contributed by atoms with Crippen molar-refractivity contribution in [2.45, 2.75) is 38.8 Å². The van der Waals surface area contributed by atoms with Gasteiger partial charge in [0.05, 0.1) is 11.8 Å². The molecule has 4 heteroatoms. The molecule has 0 aliphatic carbocycles. The van der Waals surface area contributed by atoms with Crippen LogP contribution in [-0.2, 0) is 24.6 Å². The third-order valence-corrected chi connectivity index (χ3v) is 3.13. The number of ether oxygens (including phenoxy) is 1. The number of aromatic nitrogens is 2. The lowest BCUT2D eigenvalue weighted by atomic mass is 10.1. The standard InChI is InChI=1S/C12H23N3O/c1-6-10-7-11(15(4)14-10)8-12(13-3)9(2)16-5/h7,9,12-13H,6,8H2,1-5H3. The predicted octanol–water partition coefficient (Wildman–Crippen LogP) is 1.15. The lowest BCUT2D eigenvalue weighted by Gasteiger charge is -2.22. The van der Waals surface area contributed by atoms with E-state index in [0.717, 1.165) is 18.5 Å². The molecule has 16 heavy (non-hydrogen) atoms. The predicted molar refractivity (Wildman–Crippen MR) is 65.6 cm³/mol. The van der Waals surface area contributed by atoms with Gasteiger partial charge in [-0.25, -0.2) is 0 Å². The summed E-state index contributed by atoms with van der Waals surface area (Å²) in [6, 6.07) is 2.50. The Balaban J connectivity index is 2.73. The fraction of sp³-hybridized carbons (Fsp3) is 0.750. The van der Waals surface area contributed by atoms with Gasteiger partial charge in [-0.15, -0.1) is 0 Å². The van der Waals surface area contributed by atoms with Crippen molar-refractivity contribution < 1.29 is 4.74 Å². The monoisotopic (exact) mass is 225 g/mol. The quantitative estimate of drug-likeness (QED) is 0.789. The molecule has 0 saturated heterocycles. The van der Waals surface area contributed by atoms with Crippen LogP contribution in [0.1, 0.15) is 25.2 Å². The van der Waals surface area contributed by atoms with Crippen LogP contribution in [0.5, 0.6) is 0 Å². The van der Waals surface area contributed by atoms with Crippen molar-refractivity contribution in [2.75, 3.05) is 14.2 Å². The molecular formula is C12H23N3O. The van der Waals surface area contributed by atoms with Crippen LogP contribution < -0.4 is 5.32 Å². The third-order valence-electron chi connectivity index (χ3n) is 3.13. The van der Waals surface area contributed by atoms with Crippen molar-refractivity contribution in [3.63, 3.8) is 0 Å². The van der Waals surface area contributed by atoms with Crippen LogP contribution >= 0.6 is 0 Å². The number of likely N-dealkylation sites (N-methyl/N-ethyl adjacent to an activating group) is 1. The molecule has 0 bridgehead atoms. The van der Waals surface area contributed by atoms with E-state index in [9.17, 15) is 0 Å². The minimum absolute atomic E-state index is 0.199. The first-order chi connectivity index (χ1) is 7.62. The summed E-state index contributed by atoms with van der Waals surface area (Å²) in [6.07, 6.45) is 2.12. The van der Waals surface area contributed by atoms with Gasteiger partial charge in [0, 0.05) is 32.3 Å². The Bertz CT molecular complexity index is 322. The highest BCUT2D eigenvalue weighted by molar-refractivity contribution is 5.11. The van der Waals surface area contributed by atoms with Crippen LogP contribution in [0.25, 0.3) is 0 Å². The molecule has 0 radical (unpaired) electrons. The van der Waals surface area contributed by atoms with E-state index >= 15 is 0 Å². The molecule has 1 aromatic heterocycles. The first kappa shape index (κ1) is 13.2. The summed E-state index contributed by atoms with van der Waals surface area (Å²) >= 11 is 0. The highest BCUT2D eigenvalue weighted by Gasteiger charge is 2.17. The van der Waals surface area contributed by atoms with Gasteiger partial charge in [-0.05, 0) is 26.5 Å². The molecule has 4 nitrogen and oxygen atoms in total. The van der Waals surface area contributed by atoms with Crippen LogP contribution in [0.15, 0.2) is 6.07 Å². The summed E-state index contributed by atoms with van der Waals surface area (Å²) in [5, 5.41) is 7.74. The van der Waals surface area contributed by atoms with E-state index in [4.69, 9.17) is 4.74 Å². The second kappa shape index (κ2) is 6.01. The molecule has 0 amide bonds. The van der Waals surface area contributed by atoms with Gasteiger partial charge in [0.15, 0.2) is 0 Å². The van der Waals surface area contributed by atoms with E-state index in [1.807, 2.05) is 18.8 Å². The third kappa shape index (κ3) is 3.06. The van der Waals surface area contributed by atoms with Gasteiger partial charge >= 0.3 is 0 Å². The molecular weight excluding hydrogens is 202 g/mol. The molecule has 1 aromatic rings. The van der Waals surface area contributed by atoms with E-state index in [-0.39, 0.29) is 6.10 Å². The average molecular weight is 225 g/mol. The van der Waals surface area contributed by atoms with Gasteiger partial charge in [0.1, 0.15) is 0 Å². The maximum absolute atomic E-state index is 5.36. The van der Waals surface area contributed by atoms with Crippen LogP contribution in [0.3, 0.4) is 0 Å². The van der Waals surface area contributed by atoms with Gasteiger partial charge in [-0.3, -0.25) is 4.68 Å². The van der Waals surface area contributed by atoms with Gasteiger partial charge in [-0.1, -0.05) is 6.92 Å². The largest absolute Gasteiger partial charge is 0.380 e. The number of hydrogen-bond donors (Lipinski definition) is 1. The molecule has 0 saturated carbocycles. The van der Waals surface area contributed by atoms with Crippen molar-refractivity contribution in [1.29, 1.82) is 0 Å². The molecule has 0 fully saturated rings. The molecule has 2 unspecified atom stereocenters. The zero-order valence-electron chi connectivity index (χ0n) is 10.9. The van der Waals surface area contributed by atoms with Crippen molar-refractivity contribution in [2.24, 2.45) is 7.05 Å². The molecule has 0 aromatic carbocycles. The topological polar surface area (TPSA) is 39.1 Å². The number of hydrogen-bond acceptors (Lipinski definition) is 3. The van der Waals surface area contributed by atoms with Crippen molar-refractivity contribution in [1.82, 2.24) is 15.1 Å². The Morgan fingerprint density at radius 1 is 1.56 bits per heavy atom. The first-order valence-corrected chi connectivity index (χ1v) is 5.84. The highest BCUT2D eigenvalue weighted by Crippen LogP contribution is 2.09. The van der Waals surface area contributed by atoms with E-state index in [1.54, 1.807) is 7.11 Å². The Kier molecular flexibility index (Phi) is 4.96. The summed E-state index contributed by atoms with van der Waals surface area (Å²) in [5.74, 6) is 0. The smallest absolute Gasteiger partial charge is 0.0699 e. The number of methoxy groups -OCH3 is 1. The zero-order valence-corrected chi connectivity index (χ0v) is 10.9. The van der Waals surface area contributed by atoms with Crippen LogP contribution in [0.4, 0.5) is 0 Å². The Hall–Kier alpha value is -0.870. The summed E-state index contributed by atoms with van der Waals surface area (Å²) in [5.41, 5.74) is 2.40. The van der Waals surface area contributed by atoms with E-state index in [0.29, 0.717) is 6.04 Å². The number of rotatable bonds is 6. The van der Waals surface area contributed by atoms with Crippen LogP contribution in [0, 0.1) is 0 Å². The maximum Gasteiger partial charge on any atom is 0.0699 e. The summed E-state index contributed by atoms with van der Waals surface area (Å²) in [4.78, 5) is 0. The van der Waals surface area contributed by atoms with Gasteiger partial charge in [-0.2, -0.15) is 5.10 Å². The Morgan fingerprint density at radius 3 is 2.69 bits per heavy atom. The number of nitrogens with zero attached hydrogens (tertiary/aromatic N) is 2. The highest BCUT2D eigenvalue weighted by atomic mass is 16.5. The summed E-state index contributed by atoms with van der Waals surface area (Å²) in [7, 11) is 5.71. The normalized spacial score (nSPS) is 15.1. The molecule has 1 N–H and O–H groups in total. The first-order valence-electron chi connectivity index (χ1n) is 5.84. The maximum atomic E-state index is 5.36. The van der Waals surface area contributed by atoms with Gasteiger partial charge in [0.25, 0.3) is 0 Å². The second-order valence-corrected chi connectivity index (χ2v) is 4.14. The summed E-state index contributed by atoms with van der Waals surface area (Å²) < 4.78 is 7.32. The van der Waals surface area contributed by atoms with E-state index < -0.39 is 0 Å². The fourth-order valence-corrected chi connectivity index (χ4v) is 1.83. The van der Waals surface area contributed by atoms with E-state index in [2.05, 4.69) is 30.3 Å². The Morgan fingerprint density at radius 2 is 2.25 bits per heavy atom. The minimum atomic E-state index is 0.199. The molecule has 1 rings (SSSR count). The summed E-state index contributed by atoms with van der Waals surface area (Å²) in [6.45, 7) is 4.21. The lowest BCUT2D eigenvalue weighted by molar-refractivity contribution is 0.0851. The SMILES string of the molecule is CCc1cc(CC(NC)C(C)OC)n(C)n1. The van der Waals surface area contributed by atoms with Crippen molar-refractivity contribution >= 4 is 0 Å². The van der Waals surface area contributed by atoms with Crippen LogP contribution in [0.2, 0.25) is 0 Å². The van der Waals surface area contributed by atoms with Gasteiger partial charge < -0.3 is 10.1 Å². The molecule has 0 aliphatic heterocycles. The van der Waals surface area contributed by atoms with Crippen LogP contribution in [-0.4, -0.2) is 36.1 Å². The zero-order chi connectivity index (χ0) is 12.1.